The number of pyridine rings is 1. The molecule has 0 unspecified atom stereocenters. The van der Waals surface area contributed by atoms with Crippen molar-refractivity contribution in [2.24, 2.45) is 0 Å². The molecule has 0 bridgehead atoms. The zero-order valence-electron chi connectivity index (χ0n) is 13.1. The van der Waals surface area contributed by atoms with Crippen molar-refractivity contribution >= 4 is 5.91 Å². The first-order valence-electron chi connectivity index (χ1n) is 8.13. The second-order valence-electron chi connectivity index (χ2n) is 6.40. The number of likely N-dealkylation sites (tertiary alicyclic amines) is 1. The van der Waals surface area contributed by atoms with Crippen LogP contribution in [0.1, 0.15) is 58.4 Å². The SMILES string of the molecule is Cc1cc([C@@H]2CCCN2C(=O)c2cc3c([nH]c2=O)CCC3)on1. The van der Waals surface area contributed by atoms with E-state index in [9.17, 15) is 9.59 Å². The normalized spacial score (nSPS) is 20.0. The second-order valence-corrected chi connectivity index (χ2v) is 6.40. The molecular formula is C17H19N3O3. The van der Waals surface area contributed by atoms with Crippen molar-refractivity contribution in [2.45, 2.75) is 45.1 Å². The molecule has 0 aromatic carbocycles. The number of carbonyl (C=O) groups excluding carboxylic acids is 1. The highest BCUT2D eigenvalue weighted by Gasteiger charge is 2.34. The number of nitrogens with zero attached hydrogens (tertiary/aromatic N) is 2. The van der Waals surface area contributed by atoms with Crippen LogP contribution in [0.25, 0.3) is 0 Å². The molecule has 1 amide bonds. The van der Waals surface area contributed by atoms with Crippen LogP contribution in [0.2, 0.25) is 0 Å². The zero-order valence-corrected chi connectivity index (χ0v) is 13.1. The molecule has 4 rings (SSSR count). The van der Waals surface area contributed by atoms with Gasteiger partial charge in [-0.25, -0.2) is 0 Å². The van der Waals surface area contributed by atoms with E-state index in [1.165, 1.54) is 0 Å². The van der Waals surface area contributed by atoms with Gasteiger partial charge in [0.1, 0.15) is 5.56 Å². The molecule has 120 valence electrons. The van der Waals surface area contributed by atoms with Crippen LogP contribution in [0.3, 0.4) is 0 Å². The molecule has 23 heavy (non-hydrogen) atoms. The molecule has 1 fully saturated rings. The van der Waals surface area contributed by atoms with E-state index in [0.29, 0.717) is 12.3 Å². The van der Waals surface area contributed by atoms with E-state index in [2.05, 4.69) is 10.1 Å². The first kappa shape index (κ1) is 14.2. The van der Waals surface area contributed by atoms with Gasteiger partial charge in [0.2, 0.25) is 0 Å². The predicted molar refractivity (Wildman–Crippen MR) is 83.3 cm³/mol. The Bertz CT molecular complexity index is 821. The smallest absolute Gasteiger partial charge is 0.261 e. The molecular weight excluding hydrogens is 294 g/mol. The summed E-state index contributed by atoms with van der Waals surface area (Å²) in [6, 6.07) is 3.52. The Morgan fingerprint density at radius 2 is 2.22 bits per heavy atom. The van der Waals surface area contributed by atoms with E-state index >= 15 is 0 Å². The number of nitrogens with one attached hydrogen (secondary N) is 1. The lowest BCUT2D eigenvalue weighted by atomic mass is 10.1. The molecule has 2 aliphatic rings. The summed E-state index contributed by atoms with van der Waals surface area (Å²) in [6.07, 6.45) is 4.59. The Hall–Kier alpha value is -2.37. The number of carbonyl (C=O) groups is 1. The van der Waals surface area contributed by atoms with Crippen LogP contribution in [-0.2, 0) is 12.8 Å². The Labute approximate surface area is 133 Å². The molecule has 0 spiro atoms. The highest BCUT2D eigenvalue weighted by Crippen LogP contribution is 2.33. The fourth-order valence-electron chi connectivity index (χ4n) is 3.67. The number of hydrogen-bond acceptors (Lipinski definition) is 4. The molecule has 3 heterocycles. The molecule has 2 aromatic rings. The van der Waals surface area contributed by atoms with Gasteiger partial charge in [-0.1, -0.05) is 5.16 Å². The molecule has 1 saturated heterocycles. The lowest BCUT2D eigenvalue weighted by Gasteiger charge is -2.22. The van der Waals surface area contributed by atoms with E-state index in [-0.39, 0.29) is 23.1 Å². The maximum atomic E-state index is 12.9. The lowest BCUT2D eigenvalue weighted by molar-refractivity contribution is 0.0712. The Kier molecular flexibility index (Phi) is 3.32. The summed E-state index contributed by atoms with van der Waals surface area (Å²) in [6.45, 7) is 2.50. The summed E-state index contributed by atoms with van der Waals surface area (Å²) in [4.78, 5) is 29.8. The molecule has 1 N–H and O–H groups in total. The first-order chi connectivity index (χ1) is 11.1. The molecule has 1 aliphatic heterocycles. The average molecular weight is 313 g/mol. The number of H-pyrrole nitrogens is 1. The van der Waals surface area contributed by atoms with Gasteiger partial charge in [-0.15, -0.1) is 0 Å². The Morgan fingerprint density at radius 3 is 3.00 bits per heavy atom. The van der Waals surface area contributed by atoms with Crippen LogP contribution in [-0.4, -0.2) is 27.5 Å². The minimum Gasteiger partial charge on any atom is -0.359 e. The van der Waals surface area contributed by atoms with E-state index in [0.717, 1.165) is 49.1 Å². The third kappa shape index (κ3) is 2.38. The van der Waals surface area contributed by atoms with Gasteiger partial charge in [0.25, 0.3) is 11.5 Å². The molecule has 0 saturated carbocycles. The summed E-state index contributed by atoms with van der Waals surface area (Å²) >= 11 is 0. The number of hydrogen-bond donors (Lipinski definition) is 1. The van der Waals surface area contributed by atoms with Gasteiger partial charge >= 0.3 is 0 Å². The van der Waals surface area contributed by atoms with Crippen LogP contribution in [0.4, 0.5) is 0 Å². The number of rotatable bonds is 2. The number of aryl methyl sites for hydroxylation is 3. The van der Waals surface area contributed by atoms with Crippen molar-refractivity contribution in [3.05, 3.63) is 50.8 Å². The molecule has 1 atom stereocenters. The third-order valence-electron chi connectivity index (χ3n) is 4.81. The summed E-state index contributed by atoms with van der Waals surface area (Å²) in [7, 11) is 0. The number of fused-ring (bicyclic) bond motifs is 1. The van der Waals surface area contributed by atoms with Gasteiger partial charge in [0.05, 0.1) is 11.7 Å². The Morgan fingerprint density at radius 1 is 1.35 bits per heavy atom. The topological polar surface area (TPSA) is 79.2 Å². The molecule has 2 aromatic heterocycles. The van der Waals surface area contributed by atoms with E-state index in [4.69, 9.17) is 4.52 Å². The molecule has 0 radical (unpaired) electrons. The maximum absolute atomic E-state index is 12.9. The minimum absolute atomic E-state index is 0.128. The second kappa shape index (κ2) is 5.37. The van der Waals surface area contributed by atoms with Gasteiger partial charge in [0, 0.05) is 18.3 Å². The van der Waals surface area contributed by atoms with E-state index < -0.39 is 0 Å². The highest BCUT2D eigenvalue weighted by molar-refractivity contribution is 5.94. The molecule has 6 nitrogen and oxygen atoms in total. The van der Waals surface area contributed by atoms with Gasteiger partial charge in [0.15, 0.2) is 5.76 Å². The van der Waals surface area contributed by atoms with Gasteiger partial charge < -0.3 is 14.4 Å². The van der Waals surface area contributed by atoms with Crippen LogP contribution >= 0.6 is 0 Å². The van der Waals surface area contributed by atoms with Crippen LogP contribution in [0, 0.1) is 6.92 Å². The standard InChI is InChI=1S/C17H19N3O3/c1-10-8-15(23-19-10)14-6-3-7-20(14)17(22)12-9-11-4-2-5-13(11)18-16(12)21/h8-9,14H,2-7H2,1H3,(H,18,21)/t14-/m0/s1. The first-order valence-corrected chi connectivity index (χ1v) is 8.13. The quantitative estimate of drug-likeness (QED) is 0.921. The van der Waals surface area contributed by atoms with Gasteiger partial charge in [-0.2, -0.15) is 0 Å². The number of amides is 1. The largest absolute Gasteiger partial charge is 0.359 e. The average Bonchev–Trinajstić information content (AvgIpc) is 3.24. The fourth-order valence-corrected chi connectivity index (χ4v) is 3.67. The lowest BCUT2D eigenvalue weighted by Crippen LogP contribution is -2.34. The van der Waals surface area contributed by atoms with Crippen molar-refractivity contribution in [3.63, 3.8) is 0 Å². The van der Waals surface area contributed by atoms with Crippen LogP contribution in [0.5, 0.6) is 0 Å². The van der Waals surface area contributed by atoms with Crippen molar-refractivity contribution in [1.82, 2.24) is 15.0 Å². The zero-order chi connectivity index (χ0) is 16.0. The van der Waals surface area contributed by atoms with E-state index in [1.807, 2.05) is 13.0 Å². The summed E-state index contributed by atoms with van der Waals surface area (Å²) in [5.74, 6) is 0.489. The minimum atomic E-state index is -0.282. The van der Waals surface area contributed by atoms with E-state index in [1.54, 1.807) is 11.0 Å². The Balaban J connectivity index is 1.67. The fraction of sp³-hybridized carbons (Fsp3) is 0.471. The van der Waals surface area contributed by atoms with Gasteiger partial charge in [-0.3, -0.25) is 9.59 Å². The molecule has 1 aliphatic carbocycles. The van der Waals surface area contributed by atoms with Crippen molar-refractivity contribution in [3.8, 4) is 0 Å². The summed E-state index contributed by atoms with van der Waals surface area (Å²) in [5, 5.41) is 3.91. The molecule has 6 heteroatoms. The number of aromatic amines is 1. The van der Waals surface area contributed by atoms with Crippen molar-refractivity contribution in [2.75, 3.05) is 6.54 Å². The maximum Gasteiger partial charge on any atom is 0.261 e. The highest BCUT2D eigenvalue weighted by atomic mass is 16.5. The third-order valence-corrected chi connectivity index (χ3v) is 4.81. The van der Waals surface area contributed by atoms with Gasteiger partial charge in [-0.05, 0) is 50.7 Å². The summed E-state index contributed by atoms with van der Waals surface area (Å²) < 4.78 is 5.34. The monoisotopic (exact) mass is 313 g/mol. The number of aromatic nitrogens is 2. The summed E-state index contributed by atoms with van der Waals surface area (Å²) in [5.41, 5.74) is 2.84. The van der Waals surface area contributed by atoms with Crippen molar-refractivity contribution < 1.29 is 9.32 Å². The predicted octanol–water partition coefficient (Wildman–Crippen LogP) is 2.14. The van der Waals surface area contributed by atoms with Crippen LogP contribution in [0.15, 0.2) is 21.5 Å². The van der Waals surface area contributed by atoms with Crippen LogP contribution < -0.4 is 5.56 Å². The van der Waals surface area contributed by atoms with Crippen molar-refractivity contribution in [1.29, 1.82) is 0 Å².